The molecule has 0 aromatic heterocycles. The van der Waals surface area contributed by atoms with E-state index in [1.165, 1.54) is 0 Å². The Morgan fingerprint density at radius 3 is 2.46 bits per heavy atom. The fourth-order valence-corrected chi connectivity index (χ4v) is 3.34. The summed E-state index contributed by atoms with van der Waals surface area (Å²) in [7, 11) is 0. The second-order valence-corrected chi connectivity index (χ2v) is 6.94. The van der Waals surface area contributed by atoms with E-state index in [9.17, 15) is 9.90 Å². The number of carbonyl (C=O) groups is 1. The Morgan fingerprint density at radius 1 is 0.964 bits per heavy atom. The molecular formula is C21H15BrO6. The molecule has 1 aliphatic heterocycles. The summed E-state index contributed by atoms with van der Waals surface area (Å²) in [6, 6.07) is 15.4. The number of hydrogen-bond acceptors (Lipinski definition) is 5. The molecule has 142 valence electrons. The standard InChI is InChI=1S/C21H15BrO6/c1-12-5-7-15(14(22)9-12)28-18-4-2-3-17(20(18)21(23)24)27-13-6-8-16-19(10-13)26-11-25-16/h2-10H,11H2,1H3,(H,23,24). The first kappa shape index (κ1) is 18.2. The molecule has 0 saturated heterocycles. The van der Waals surface area contributed by atoms with Crippen LogP contribution in [0.2, 0.25) is 0 Å². The summed E-state index contributed by atoms with van der Waals surface area (Å²) in [4.78, 5) is 11.9. The summed E-state index contributed by atoms with van der Waals surface area (Å²) in [5.41, 5.74) is 0.977. The predicted octanol–water partition coefficient (Wildman–Crippen LogP) is 5.77. The molecule has 7 heteroatoms. The molecule has 1 heterocycles. The molecule has 0 radical (unpaired) electrons. The van der Waals surface area contributed by atoms with E-state index in [4.69, 9.17) is 18.9 Å². The second kappa shape index (κ2) is 7.44. The number of aryl methyl sites for hydroxylation is 1. The van der Waals surface area contributed by atoms with Gasteiger partial charge in [0.25, 0.3) is 0 Å². The maximum Gasteiger partial charge on any atom is 0.343 e. The van der Waals surface area contributed by atoms with E-state index in [1.807, 2.05) is 19.1 Å². The van der Waals surface area contributed by atoms with E-state index in [1.54, 1.807) is 42.5 Å². The molecule has 3 aromatic rings. The maximum absolute atomic E-state index is 11.9. The molecular weight excluding hydrogens is 428 g/mol. The molecule has 0 amide bonds. The van der Waals surface area contributed by atoms with Gasteiger partial charge in [0.1, 0.15) is 28.6 Å². The molecule has 0 unspecified atom stereocenters. The predicted molar refractivity (Wildman–Crippen MR) is 105 cm³/mol. The first-order chi connectivity index (χ1) is 13.5. The molecule has 1 N–H and O–H groups in total. The van der Waals surface area contributed by atoms with Gasteiger partial charge in [0, 0.05) is 6.07 Å². The highest BCUT2D eigenvalue weighted by Gasteiger charge is 2.21. The summed E-state index contributed by atoms with van der Waals surface area (Å²) < 4.78 is 23.0. The highest BCUT2D eigenvalue weighted by atomic mass is 79.9. The maximum atomic E-state index is 11.9. The van der Waals surface area contributed by atoms with Gasteiger partial charge >= 0.3 is 5.97 Å². The lowest BCUT2D eigenvalue weighted by molar-refractivity contribution is 0.0691. The number of rotatable bonds is 5. The minimum atomic E-state index is -1.16. The summed E-state index contributed by atoms with van der Waals surface area (Å²) in [5, 5.41) is 9.75. The van der Waals surface area contributed by atoms with Gasteiger partial charge in [-0.25, -0.2) is 4.79 Å². The third kappa shape index (κ3) is 3.61. The van der Waals surface area contributed by atoms with Crippen molar-refractivity contribution in [3.8, 4) is 34.5 Å². The molecule has 0 spiro atoms. The SMILES string of the molecule is Cc1ccc(Oc2cccc(Oc3ccc4c(c3)OCO4)c2C(=O)O)c(Br)c1. The van der Waals surface area contributed by atoms with Crippen molar-refractivity contribution in [2.45, 2.75) is 6.92 Å². The molecule has 6 nitrogen and oxygen atoms in total. The van der Waals surface area contributed by atoms with E-state index in [0.29, 0.717) is 23.0 Å². The number of benzene rings is 3. The van der Waals surface area contributed by atoms with Crippen LogP contribution >= 0.6 is 15.9 Å². The van der Waals surface area contributed by atoms with Crippen LogP contribution in [0.3, 0.4) is 0 Å². The summed E-state index contributed by atoms with van der Waals surface area (Å²) >= 11 is 3.44. The monoisotopic (exact) mass is 442 g/mol. The summed E-state index contributed by atoms with van der Waals surface area (Å²) in [6.45, 7) is 2.10. The van der Waals surface area contributed by atoms with Crippen molar-refractivity contribution in [3.63, 3.8) is 0 Å². The third-order valence-corrected chi connectivity index (χ3v) is 4.70. The number of fused-ring (bicyclic) bond motifs is 1. The van der Waals surface area contributed by atoms with Crippen LogP contribution in [0.4, 0.5) is 0 Å². The topological polar surface area (TPSA) is 74.2 Å². The van der Waals surface area contributed by atoms with Crippen LogP contribution in [0.25, 0.3) is 0 Å². The first-order valence-corrected chi connectivity index (χ1v) is 9.18. The Bertz CT molecular complexity index is 1060. The Balaban J connectivity index is 1.68. The largest absolute Gasteiger partial charge is 0.477 e. The molecule has 0 atom stereocenters. The van der Waals surface area contributed by atoms with E-state index in [2.05, 4.69) is 15.9 Å². The molecule has 1 aliphatic rings. The summed E-state index contributed by atoms with van der Waals surface area (Å²) in [6.07, 6.45) is 0. The fourth-order valence-electron chi connectivity index (χ4n) is 2.77. The average molecular weight is 443 g/mol. The van der Waals surface area contributed by atoms with Gasteiger partial charge < -0.3 is 24.1 Å². The zero-order valence-corrected chi connectivity index (χ0v) is 16.4. The van der Waals surface area contributed by atoms with Gasteiger partial charge in [-0.2, -0.15) is 0 Å². The van der Waals surface area contributed by atoms with Crippen molar-refractivity contribution in [3.05, 3.63) is 70.2 Å². The Morgan fingerprint density at radius 2 is 1.71 bits per heavy atom. The van der Waals surface area contributed by atoms with Crippen LogP contribution < -0.4 is 18.9 Å². The number of hydrogen-bond donors (Lipinski definition) is 1. The first-order valence-electron chi connectivity index (χ1n) is 8.39. The summed E-state index contributed by atoms with van der Waals surface area (Å²) in [5.74, 6) is 1.28. The Hall–Kier alpha value is -3.19. The zero-order valence-electron chi connectivity index (χ0n) is 14.8. The number of ether oxygens (including phenoxy) is 4. The molecule has 0 fully saturated rings. The lowest BCUT2D eigenvalue weighted by Gasteiger charge is -2.14. The number of aromatic carboxylic acids is 1. The van der Waals surface area contributed by atoms with Crippen LogP contribution in [-0.2, 0) is 0 Å². The van der Waals surface area contributed by atoms with Crippen LogP contribution in [0.1, 0.15) is 15.9 Å². The van der Waals surface area contributed by atoms with E-state index < -0.39 is 5.97 Å². The third-order valence-electron chi connectivity index (χ3n) is 4.08. The highest BCUT2D eigenvalue weighted by Crippen LogP contribution is 2.40. The highest BCUT2D eigenvalue weighted by molar-refractivity contribution is 9.10. The van der Waals surface area contributed by atoms with Gasteiger partial charge in [-0.15, -0.1) is 0 Å². The van der Waals surface area contributed by atoms with Gasteiger partial charge in [0.05, 0.1) is 4.47 Å². The lowest BCUT2D eigenvalue weighted by atomic mass is 10.1. The fraction of sp³-hybridized carbons (Fsp3) is 0.0952. The van der Waals surface area contributed by atoms with Gasteiger partial charge in [-0.3, -0.25) is 0 Å². The number of carboxylic acids is 1. The van der Waals surface area contributed by atoms with Crippen molar-refractivity contribution < 1.29 is 28.8 Å². The van der Waals surface area contributed by atoms with Crippen LogP contribution in [-0.4, -0.2) is 17.9 Å². The Kier molecular flexibility index (Phi) is 4.83. The van der Waals surface area contributed by atoms with E-state index in [0.717, 1.165) is 10.0 Å². The normalized spacial score (nSPS) is 11.9. The average Bonchev–Trinajstić information content (AvgIpc) is 3.12. The second-order valence-electron chi connectivity index (χ2n) is 6.09. The smallest absolute Gasteiger partial charge is 0.343 e. The lowest BCUT2D eigenvalue weighted by Crippen LogP contribution is -2.03. The Labute approximate surface area is 169 Å². The zero-order chi connectivity index (χ0) is 19.7. The molecule has 0 saturated carbocycles. The van der Waals surface area contributed by atoms with Crippen molar-refractivity contribution in [1.29, 1.82) is 0 Å². The molecule has 0 bridgehead atoms. The van der Waals surface area contributed by atoms with Crippen LogP contribution in [0.5, 0.6) is 34.5 Å². The minimum Gasteiger partial charge on any atom is -0.477 e. The minimum absolute atomic E-state index is 0.0763. The molecule has 0 aliphatic carbocycles. The van der Waals surface area contributed by atoms with Crippen molar-refractivity contribution >= 4 is 21.9 Å². The van der Waals surface area contributed by atoms with Crippen molar-refractivity contribution in [2.75, 3.05) is 6.79 Å². The molecule has 4 rings (SSSR count). The van der Waals surface area contributed by atoms with Crippen LogP contribution in [0.15, 0.2) is 59.1 Å². The van der Waals surface area contributed by atoms with Crippen LogP contribution in [0, 0.1) is 6.92 Å². The van der Waals surface area contributed by atoms with E-state index >= 15 is 0 Å². The molecule has 3 aromatic carbocycles. The van der Waals surface area contributed by atoms with E-state index in [-0.39, 0.29) is 23.9 Å². The van der Waals surface area contributed by atoms with Gasteiger partial charge in [0.2, 0.25) is 6.79 Å². The quantitative estimate of drug-likeness (QED) is 0.540. The van der Waals surface area contributed by atoms with Gasteiger partial charge in [-0.05, 0) is 64.8 Å². The van der Waals surface area contributed by atoms with Gasteiger partial charge in [-0.1, -0.05) is 12.1 Å². The van der Waals surface area contributed by atoms with Gasteiger partial charge in [0.15, 0.2) is 11.5 Å². The number of carboxylic acid groups (broad SMARTS) is 1. The van der Waals surface area contributed by atoms with Crippen molar-refractivity contribution in [1.82, 2.24) is 0 Å². The number of halogens is 1. The molecule has 28 heavy (non-hydrogen) atoms. The van der Waals surface area contributed by atoms with Crippen molar-refractivity contribution in [2.24, 2.45) is 0 Å².